The third kappa shape index (κ3) is 4.52. The Balaban J connectivity index is 2.76. The standard InChI is InChI=1S/C11H14Cl2N2O4/c12-10(13)11(18)14-8(5-16)9(17)6-1-3-7(15-19)4-2-6/h1-4,8-10,15-17,19H,5H2,(H,14,18)/t8?,9-/m0/s1. The molecule has 0 saturated heterocycles. The average molecular weight is 309 g/mol. The molecule has 0 fully saturated rings. The molecule has 1 aromatic carbocycles. The molecule has 6 nitrogen and oxygen atoms in total. The normalized spacial score (nSPS) is 14.0. The maximum absolute atomic E-state index is 11.3. The molecule has 1 unspecified atom stereocenters. The van der Waals surface area contributed by atoms with Crippen molar-refractivity contribution in [1.29, 1.82) is 0 Å². The minimum absolute atomic E-state index is 0.446. The highest BCUT2D eigenvalue weighted by Gasteiger charge is 2.24. The molecule has 0 radical (unpaired) electrons. The number of rotatable bonds is 6. The van der Waals surface area contributed by atoms with E-state index in [1.807, 2.05) is 5.48 Å². The summed E-state index contributed by atoms with van der Waals surface area (Å²) in [4.78, 5) is 10.0. The van der Waals surface area contributed by atoms with E-state index < -0.39 is 29.5 Å². The van der Waals surface area contributed by atoms with Gasteiger partial charge in [-0.25, -0.2) is 0 Å². The van der Waals surface area contributed by atoms with Crippen LogP contribution in [0.25, 0.3) is 0 Å². The summed E-state index contributed by atoms with van der Waals surface area (Å²) in [6.45, 7) is -0.479. The molecular formula is C11H14Cl2N2O4. The predicted octanol–water partition coefficient (Wildman–Crippen LogP) is 0.802. The van der Waals surface area contributed by atoms with Crippen LogP contribution in [0, 0.1) is 0 Å². The van der Waals surface area contributed by atoms with Gasteiger partial charge in [0.15, 0.2) is 4.84 Å². The Kier molecular flexibility index (Phi) is 6.33. The summed E-state index contributed by atoms with van der Waals surface area (Å²) in [5.74, 6) is -0.699. The lowest BCUT2D eigenvalue weighted by molar-refractivity contribution is -0.121. The first kappa shape index (κ1) is 16.0. The minimum Gasteiger partial charge on any atom is -0.394 e. The molecule has 1 rings (SSSR count). The third-order valence-corrected chi connectivity index (χ3v) is 2.88. The summed E-state index contributed by atoms with van der Waals surface area (Å²) < 4.78 is 0. The minimum atomic E-state index is -1.28. The molecule has 0 aliphatic carbocycles. The van der Waals surface area contributed by atoms with Crippen LogP contribution in [-0.4, -0.2) is 38.8 Å². The topological polar surface area (TPSA) is 102 Å². The second-order valence-electron chi connectivity index (χ2n) is 3.78. The van der Waals surface area contributed by atoms with Gasteiger partial charge >= 0.3 is 0 Å². The average Bonchev–Trinajstić information content (AvgIpc) is 2.43. The van der Waals surface area contributed by atoms with Crippen molar-refractivity contribution in [2.75, 3.05) is 12.1 Å². The van der Waals surface area contributed by atoms with Gasteiger partial charge in [0.1, 0.15) is 6.10 Å². The molecule has 8 heteroatoms. The number of halogens is 2. The van der Waals surface area contributed by atoms with Crippen molar-refractivity contribution < 1.29 is 20.2 Å². The van der Waals surface area contributed by atoms with E-state index in [9.17, 15) is 15.0 Å². The molecule has 5 N–H and O–H groups in total. The zero-order valence-electron chi connectivity index (χ0n) is 9.75. The number of carbonyl (C=O) groups excluding carboxylic acids is 1. The van der Waals surface area contributed by atoms with E-state index in [-0.39, 0.29) is 0 Å². The molecule has 0 saturated carbocycles. The van der Waals surface area contributed by atoms with E-state index in [0.717, 1.165) is 0 Å². The maximum Gasteiger partial charge on any atom is 0.253 e. The van der Waals surface area contributed by atoms with Crippen molar-refractivity contribution in [1.82, 2.24) is 5.32 Å². The van der Waals surface area contributed by atoms with Gasteiger partial charge in [-0.3, -0.25) is 15.5 Å². The highest BCUT2D eigenvalue weighted by molar-refractivity contribution is 6.53. The summed E-state index contributed by atoms with van der Waals surface area (Å²) in [6, 6.07) is 5.20. The first-order valence-corrected chi connectivity index (χ1v) is 6.24. The molecular weight excluding hydrogens is 295 g/mol. The van der Waals surface area contributed by atoms with Crippen molar-refractivity contribution in [3.63, 3.8) is 0 Å². The van der Waals surface area contributed by atoms with Crippen molar-refractivity contribution in [2.45, 2.75) is 17.0 Å². The molecule has 2 atom stereocenters. The zero-order valence-corrected chi connectivity index (χ0v) is 11.3. The van der Waals surface area contributed by atoms with Gasteiger partial charge in [0.25, 0.3) is 5.91 Å². The first-order chi connectivity index (χ1) is 8.99. The number of nitrogens with one attached hydrogen (secondary N) is 2. The molecule has 0 aliphatic heterocycles. The lowest BCUT2D eigenvalue weighted by Crippen LogP contribution is -2.44. The Hall–Kier alpha value is -1.05. The highest BCUT2D eigenvalue weighted by atomic mass is 35.5. The van der Waals surface area contributed by atoms with E-state index in [0.29, 0.717) is 11.3 Å². The second kappa shape index (κ2) is 7.52. The number of aliphatic hydroxyl groups excluding tert-OH is 2. The van der Waals surface area contributed by atoms with E-state index in [1.54, 1.807) is 0 Å². The predicted molar refractivity (Wildman–Crippen MR) is 71.3 cm³/mol. The van der Waals surface area contributed by atoms with Crippen LogP contribution in [-0.2, 0) is 4.79 Å². The zero-order chi connectivity index (χ0) is 14.4. The molecule has 0 aromatic heterocycles. The molecule has 0 heterocycles. The van der Waals surface area contributed by atoms with Crippen LogP contribution >= 0.6 is 23.2 Å². The van der Waals surface area contributed by atoms with Crippen LogP contribution in [0.1, 0.15) is 11.7 Å². The van der Waals surface area contributed by atoms with E-state index >= 15 is 0 Å². The fourth-order valence-corrected chi connectivity index (χ4v) is 1.58. The van der Waals surface area contributed by atoms with Crippen LogP contribution in [0.15, 0.2) is 24.3 Å². The van der Waals surface area contributed by atoms with Gasteiger partial charge in [0.2, 0.25) is 0 Å². The van der Waals surface area contributed by atoms with Crippen LogP contribution in [0.2, 0.25) is 0 Å². The van der Waals surface area contributed by atoms with E-state index in [4.69, 9.17) is 28.4 Å². The SMILES string of the molecule is O=C(NC(CO)[C@@H](O)c1ccc(NO)cc1)C(Cl)Cl. The number of aliphatic hydroxyl groups is 2. The molecule has 0 spiro atoms. The van der Waals surface area contributed by atoms with Gasteiger partial charge in [0.05, 0.1) is 18.3 Å². The van der Waals surface area contributed by atoms with E-state index in [1.165, 1.54) is 24.3 Å². The van der Waals surface area contributed by atoms with E-state index in [2.05, 4.69) is 5.32 Å². The van der Waals surface area contributed by atoms with Gasteiger partial charge in [-0.15, -0.1) is 0 Å². The van der Waals surface area contributed by atoms with Gasteiger partial charge in [-0.1, -0.05) is 35.3 Å². The smallest absolute Gasteiger partial charge is 0.253 e. The Bertz CT molecular complexity index is 414. The van der Waals surface area contributed by atoms with Crippen molar-refractivity contribution in [2.24, 2.45) is 0 Å². The van der Waals surface area contributed by atoms with Crippen LogP contribution in [0.5, 0.6) is 0 Å². The summed E-state index contributed by atoms with van der Waals surface area (Å²) >= 11 is 10.7. The first-order valence-electron chi connectivity index (χ1n) is 5.37. The van der Waals surface area contributed by atoms with Gasteiger partial charge in [-0.2, -0.15) is 0 Å². The molecule has 106 valence electrons. The number of alkyl halides is 2. The van der Waals surface area contributed by atoms with Crippen LogP contribution in [0.4, 0.5) is 5.69 Å². The largest absolute Gasteiger partial charge is 0.394 e. The highest BCUT2D eigenvalue weighted by Crippen LogP contribution is 2.19. The fourth-order valence-electron chi connectivity index (χ4n) is 1.46. The summed E-state index contributed by atoms with van der Waals surface area (Å²) in [5.41, 5.74) is 2.85. The third-order valence-electron chi connectivity index (χ3n) is 2.48. The van der Waals surface area contributed by atoms with Crippen molar-refractivity contribution in [3.05, 3.63) is 29.8 Å². The number of benzene rings is 1. The molecule has 19 heavy (non-hydrogen) atoms. The second-order valence-corrected chi connectivity index (χ2v) is 4.87. The fraction of sp³-hybridized carbons (Fsp3) is 0.364. The number of hydrogen-bond donors (Lipinski definition) is 5. The Labute approximate surface area is 119 Å². The van der Waals surface area contributed by atoms with Gasteiger partial charge in [-0.05, 0) is 17.7 Å². The number of hydrogen-bond acceptors (Lipinski definition) is 5. The van der Waals surface area contributed by atoms with Crippen LogP contribution in [0.3, 0.4) is 0 Å². The Morgan fingerprint density at radius 2 is 1.84 bits per heavy atom. The molecule has 0 aliphatic rings. The quantitative estimate of drug-likeness (QED) is 0.395. The lowest BCUT2D eigenvalue weighted by Gasteiger charge is -2.23. The Morgan fingerprint density at radius 1 is 1.26 bits per heavy atom. The molecule has 1 amide bonds. The van der Waals surface area contributed by atoms with Gasteiger partial charge in [0, 0.05) is 0 Å². The van der Waals surface area contributed by atoms with Crippen LogP contribution < -0.4 is 10.8 Å². The lowest BCUT2D eigenvalue weighted by atomic mass is 10.0. The number of anilines is 1. The number of carbonyl (C=O) groups is 1. The summed E-state index contributed by atoms with van der Waals surface area (Å²) in [5, 5.41) is 30.2. The number of amides is 1. The summed E-state index contributed by atoms with van der Waals surface area (Å²) in [7, 11) is 0. The molecule has 0 bridgehead atoms. The monoisotopic (exact) mass is 308 g/mol. The van der Waals surface area contributed by atoms with Crippen molar-refractivity contribution >= 4 is 34.8 Å². The molecule has 1 aromatic rings. The van der Waals surface area contributed by atoms with Crippen molar-refractivity contribution in [3.8, 4) is 0 Å². The maximum atomic E-state index is 11.3. The Morgan fingerprint density at radius 3 is 2.26 bits per heavy atom. The summed E-state index contributed by atoms with van der Waals surface area (Å²) in [6.07, 6.45) is -1.13. The van der Waals surface area contributed by atoms with Gasteiger partial charge < -0.3 is 15.5 Å².